The average Bonchev–Trinajstić information content (AvgIpc) is 3.02. The lowest BCUT2D eigenvalue weighted by Crippen LogP contribution is -2.27. The van der Waals surface area contributed by atoms with Crippen molar-refractivity contribution >= 4 is 15.9 Å². The van der Waals surface area contributed by atoms with Gasteiger partial charge < -0.3 is 10.2 Å². The molecule has 1 N–H and O–H groups in total. The molecule has 1 aliphatic heterocycles. The molecule has 0 spiro atoms. The zero-order valence-electron chi connectivity index (χ0n) is 12.3. The number of likely N-dealkylation sites (tertiary alicyclic amines) is 1. The maximum absolute atomic E-state index is 3.68. The molecule has 20 heavy (non-hydrogen) atoms. The number of nitrogens with one attached hydrogen (secondary N) is 1. The molecular weight excluding hydrogens is 312 g/mol. The number of hydrogen-bond donors (Lipinski definition) is 1. The van der Waals surface area contributed by atoms with Crippen LogP contribution in [-0.2, 0) is 0 Å². The highest BCUT2D eigenvalue weighted by Gasteiger charge is 2.35. The summed E-state index contributed by atoms with van der Waals surface area (Å²) < 4.78 is 1.22. The van der Waals surface area contributed by atoms with E-state index in [1.54, 1.807) is 0 Å². The highest BCUT2D eigenvalue weighted by atomic mass is 79.9. The fourth-order valence-electron chi connectivity index (χ4n) is 4.04. The SMILES string of the molecule is CNC(CCN1CC2CCCC2C1)c1ccccc1Br. The Morgan fingerprint density at radius 3 is 2.60 bits per heavy atom. The van der Waals surface area contributed by atoms with Crippen LogP contribution in [0.1, 0.15) is 37.3 Å². The van der Waals surface area contributed by atoms with Crippen LogP contribution < -0.4 is 5.32 Å². The molecule has 1 aromatic carbocycles. The lowest BCUT2D eigenvalue weighted by Gasteiger charge is -2.22. The van der Waals surface area contributed by atoms with E-state index in [-0.39, 0.29) is 0 Å². The number of halogens is 1. The molecule has 1 aliphatic carbocycles. The standard InChI is InChI=1S/C17H25BrN2/c1-19-17(15-7-2-3-8-16(15)18)9-10-20-11-13-5-4-6-14(13)12-20/h2-3,7-8,13-14,17,19H,4-6,9-12H2,1H3. The molecular formula is C17H25BrN2. The first-order valence-electron chi connectivity index (χ1n) is 7.92. The molecule has 0 amide bonds. The molecule has 1 saturated carbocycles. The molecule has 1 aromatic rings. The van der Waals surface area contributed by atoms with E-state index in [1.807, 2.05) is 0 Å². The van der Waals surface area contributed by atoms with Crippen LogP contribution >= 0.6 is 15.9 Å². The van der Waals surface area contributed by atoms with Gasteiger partial charge in [0, 0.05) is 23.6 Å². The topological polar surface area (TPSA) is 15.3 Å². The van der Waals surface area contributed by atoms with Crippen molar-refractivity contribution in [3.8, 4) is 0 Å². The molecule has 3 rings (SSSR count). The summed E-state index contributed by atoms with van der Waals surface area (Å²) in [5, 5.41) is 3.48. The fraction of sp³-hybridized carbons (Fsp3) is 0.647. The molecule has 0 radical (unpaired) electrons. The molecule has 1 saturated heterocycles. The Kier molecular flexibility index (Phi) is 4.79. The van der Waals surface area contributed by atoms with Crippen molar-refractivity contribution in [1.82, 2.24) is 10.2 Å². The minimum atomic E-state index is 0.450. The van der Waals surface area contributed by atoms with Crippen LogP contribution in [-0.4, -0.2) is 31.6 Å². The van der Waals surface area contributed by atoms with Crippen LogP contribution in [0, 0.1) is 11.8 Å². The normalized spacial score (nSPS) is 27.7. The van der Waals surface area contributed by atoms with Crippen molar-refractivity contribution < 1.29 is 0 Å². The summed E-state index contributed by atoms with van der Waals surface area (Å²) in [6.45, 7) is 3.91. The van der Waals surface area contributed by atoms with Gasteiger partial charge in [-0.2, -0.15) is 0 Å². The zero-order valence-corrected chi connectivity index (χ0v) is 13.9. The van der Waals surface area contributed by atoms with Crippen LogP contribution in [0.3, 0.4) is 0 Å². The van der Waals surface area contributed by atoms with E-state index in [0.29, 0.717) is 6.04 Å². The second kappa shape index (κ2) is 6.59. The lowest BCUT2D eigenvalue weighted by atomic mass is 10.0. The minimum absolute atomic E-state index is 0.450. The first kappa shape index (κ1) is 14.6. The molecule has 1 heterocycles. The van der Waals surface area contributed by atoms with Gasteiger partial charge in [0.2, 0.25) is 0 Å². The van der Waals surface area contributed by atoms with E-state index in [2.05, 4.69) is 57.5 Å². The summed E-state index contributed by atoms with van der Waals surface area (Å²) in [6.07, 6.45) is 5.61. The summed E-state index contributed by atoms with van der Waals surface area (Å²) in [4.78, 5) is 2.69. The maximum Gasteiger partial charge on any atom is 0.0340 e. The van der Waals surface area contributed by atoms with Crippen LogP contribution in [0.15, 0.2) is 28.7 Å². The van der Waals surface area contributed by atoms with E-state index in [0.717, 1.165) is 11.8 Å². The van der Waals surface area contributed by atoms with Gasteiger partial charge in [-0.15, -0.1) is 0 Å². The van der Waals surface area contributed by atoms with Crippen molar-refractivity contribution in [2.75, 3.05) is 26.7 Å². The molecule has 3 atom stereocenters. The highest BCUT2D eigenvalue weighted by molar-refractivity contribution is 9.10. The van der Waals surface area contributed by atoms with Gasteiger partial charge in [0.15, 0.2) is 0 Å². The molecule has 0 bridgehead atoms. The second-order valence-electron chi connectivity index (χ2n) is 6.36. The summed E-state index contributed by atoms with van der Waals surface area (Å²) >= 11 is 3.68. The Hall–Kier alpha value is -0.380. The first-order chi connectivity index (χ1) is 9.78. The van der Waals surface area contributed by atoms with Crippen molar-refractivity contribution in [3.63, 3.8) is 0 Å². The van der Waals surface area contributed by atoms with Crippen LogP contribution in [0.4, 0.5) is 0 Å². The number of fused-ring (bicyclic) bond motifs is 1. The molecule has 2 fully saturated rings. The van der Waals surface area contributed by atoms with Gasteiger partial charge in [0.25, 0.3) is 0 Å². The number of benzene rings is 1. The van der Waals surface area contributed by atoms with Gasteiger partial charge >= 0.3 is 0 Å². The third-order valence-electron chi connectivity index (χ3n) is 5.17. The number of nitrogens with zero attached hydrogens (tertiary/aromatic N) is 1. The largest absolute Gasteiger partial charge is 0.313 e. The average molecular weight is 337 g/mol. The van der Waals surface area contributed by atoms with Gasteiger partial charge in [0.05, 0.1) is 0 Å². The summed E-state index contributed by atoms with van der Waals surface area (Å²) in [7, 11) is 2.07. The van der Waals surface area contributed by atoms with Gasteiger partial charge in [0.1, 0.15) is 0 Å². The number of rotatable bonds is 5. The van der Waals surface area contributed by atoms with E-state index in [4.69, 9.17) is 0 Å². The fourth-order valence-corrected chi connectivity index (χ4v) is 4.60. The van der Waals surface area contributed by atoms with E-state index < -0.39 is 0 Å². The van der Waals surface area contributed by atoms with Crippen molar-refractivity contribution in [3.05, 3.63) is 34.3 Å². The van der Waals surface area contributed by atoms with Gasteiger partial charge in [-0.1, -0.05) is 40.5 Å². The molecule has 3 heteroatoms. The smallest absolute Gasteiger partial charge is 0.0340 e. The zero-order chi connectivity index (χ0) is 13.9. The molecule has 2 nitrogen and oxygen atoms in total. The van der Waals surface area contributed by atoms with Gasteiger partial charge in [-0.3, -0.25) is 0 Å². The molecule has 3 unspecified atom stereocenters. The van der Waals surface area contributed by atoms with Crippen LogP contribution in [0.5, 0.6) is 0 Å². The Balaban J connectivity index is 1.55. The summed E-state index contributed by atoms with van der Waals surface area (Å²) in [5.74, 6) is 2.01. The molecule has 2 aliphatic rings. The predicted molar refractivity (Wildman–Crippen MR) is 87.8 cm³/mol. The second-order valence-corrected chi connectivity index (χ2v) is 7.22. The Bertz CT molecular complexity index is 436. The van der Waals surface area contributed by atoms with Crippen LogP contribution in [0.2, 0.25) is 0 Å². The third kappa shape index (κ3) is 3.10. The van der Waals surface area contributed by atoms with Gasteiger partial charge in [-0.25, -0.2) is 0 Å². The molecule has 0 aromatic heterocycles. The number of hydrogen-bond acceptors (Lipinski definition) is 2. The van der Waals surface area contributed by atoms with Crippen LogP contribution in [0.25, 0.3) is 0 Å². The summed E-state index contributed by atoms with van der Waals surface area (Å²) in [6, 6.07) is 9.03. The molecule has 110 valence electrons. The van der Waals surface area contributed by atoms with Crippen molar-refractivity contribution in [1.29, 1.82) is 0 Å². The van der Waals surface area contributed by atoms with E-state index >= 15 is 0 Å². The highest BCUT2D eigenvalue weighted by Crippen LogP contribution is 2.38. The van der Waals surface area contributed by atoms with E-state index in [9.17, 15) is 0 Å². The lowest BCUT2D eigenvalue weighted by molar-refractivity contribution is 0.291. The van der Waals surface area contributed by atoms with Crippen molar-refractivity contribution in [2.45, 2.75) is 31.7 Å². The minimum Gasteiger partial charge on any atom is -0.313 e. The Labute approximate surface area is 131 Å². The Morgan fingerprint density at radius 2 is 1.95 bits per heavy atom. The predicted octanol–water partition coefficient (Wildman–Crippen LogP) is 3.83. The van der Waals surface area contributed by atoms with E-state index in [1.165, 1.54) is 55.4 Å². The Morgan fingerprint density at radius 1 is 1.25 bits per heavy atom. The first-order valence-corrected chi connectivity index (χ1v) is 8.71. The summed E-state index contributed by atoms with van der Waals surface area (Å²) in [5.41, 5.74) is 1.38. The maximum atomic E-state index is 3.68. The van der Waals surface area contributed by atoms with Crippen molar-refractivity contribution in [2.24, 2.45) is 11.8 Å². The monoisotopic (exact) mass is 336 g/mol. The van der Waals surface area contributed by atoms with Gasteiger partial charge in [-0.05, 0) is 56.3 Å². The third-order valence-corrected chi connectivity index (χ3v) is 5.89. The quantitative estimate of drug-likeness (QED) is 0.878.